The Morgan fingerprint density at radius 3 is 2.71 bits per heavy atom. The van der Waals surface area contributed by atoms with Crippen molar-refractivity contribution < 1.29 is 0 Å². The summed E-state index contributed by atoms with van der Waals surface area (Å²) < 4.78 is 1.08. The normalized spacial score (nSPS) is 9.79. The minimum absolute atomic E-state index is 0.960. The Kier molecular flexibility index (Phi) is 2.98. The number of para-hydroxylation sites is 2. The molecule has 0 aliphatic rings. The molecule has 0 radical (unpaired) electrons. The molecule has 0 bridgehead atoms. The highest BCUT2D eigenvalue weighted by Gasteiger charge is 1.88. The maximum atomic E-state index is 4.33. The number of H-pyrrole nitrogens is 1. The molecular weight excluding hydrogens is 287 g/mol. The van der Waals surface area contributed by atoms with Crippen LogP contribution in [0.1, 0.15) is 0 Å². The second kappa shape index (κ2) is 4.41. The molecule has 2 aromatic rings. The van der Waals surface area contributed by atoms with E-state index in [9.17, 15) is 0 Å². The lowest BCUT2D eigenvalue weighted by Crippen LogP contribution is -1.77. The van der Waals surface area contributed by atoms with Crippen molar-refractivity contribution in [2.24, 2.45) is 0 Å². The third kappa shape index (κ3) is 2.23. The third-order valence-corrected chi connectivity index (χ3v) is 2.44. The number of hydrogen-bond donors (Lipinski definition) is 1. The molecule has 2 nitrogen and oxygen atoms in total. The Morgan fingerprint density at radius 2 is 1.79 bits per heavy atom. The average molecular weight is 296 g/mol. The molecule has 1 aromatic carbocycles. The highest BCUT2D eigenvalue weighted by atomic mass is 127. The number of aromatic nitrogens is 2. The van der Waals surface area contributed by atoms with Gasteiger partial charge in [0.2, 0.25) is 0 Å². The van der Waals surface area contributed by atoms with E-state index in [-0.39, 0.29) is 0 Å². The van der Waals surface area contributed by atoms with Crippen molar-refractivity contribution >= 4 is 33.6 Å². The zero-order chi connectivity index (χ0) is 9.80. The van der Waals surface area contributed by atoms with Gasteiger partial charge in [0, 0.05) is 6.20 Å². The molecule has 1 heterocycles. The van der Waals surface area contributed by atoms with E-state index in [4.69, 9.17) is 0 Å². The molecule has 2 rings (SSSR count). The van der Waals surface area contributed by atoms with Crippen LogP contribution in [0.5, 0.6) is 0 Å². The van der Waals surface area contributed by atoms with Gasteiger partial charge in [0.15, 0.2) is 0 Å². The Balaban J connectivity index is 2.86. The lowest BCUT2D eigenvalue weighted by atomic mass is 10.3. The lowest BCUT2D eigenvalue weighted by Gasteiger charge is -1.91. The quantitative estimate of drug-likeness (QED) is 0.742. The van der Waals surface area contributed by atoms with Gasteiger partial charge in [-0.25, -0.2) is 0 Å². The van der Waals surface area contributed by atoms with Gasteiger partial charge in [-0.3, -0.25) is 4.98 Å². The van der Waals surface area contributed by atoms with Crippen LogP contribution in [0.3, 0.4) is 0 Å². The molecule has 1 N–H and O–H groups in total. The highest BCUT2D eigenvalue weighted by molar-refractivity contribution is 14.1. The van der Waals surface area contributed by atoms with E-state index in [1.54, 1.807) is 6.20 Å². The van der Waals surface area contributed by atoms with E-state index in [0.717, 1.165) is 14.7 Å². The second-order valence-corrected chi connectivity index (χ2v) is 3.98. The van der Waals surface area contributed by atoms with Gasteiger partial charge in [-0.2, -0.15) is 0 Å². The number of hydrogen-bond acceptors (Lipinski definition) is 1. The van der Waals surface area contributed by atoms with Crippen molar-refractivity contribution in [1.29, 1.82) is 0 Å². The summed E-state index contributed by atoms with van der Waals surface area (Å²) in [5.74, 6) is 0. The molecule has 3 heteroatoms. The number of fused-ring (bicyclic) bond motifs is 1. The van der Waals surface area contributed by atoms with Crippen molar-refractivity contribution in [1.82, 2.24) is 9.97 Å². The van der Waals surface area contributed by atoms with E-state index in [1.807, 2.05) is 42.5 Å². The van der Waals surface area contributed by atoms with Crippen LogP contribution in [0.15, 0.2) is 48.7 Å². The third-order valence-electron chi connectivity index (χ3n) is 1.81. The fourth-order valence-electron chi connectivity index (χ4n) is 1.18. The molecule has 0 fully saturated rings. The zero-order valence-electron chi connectivity index (χ0n) is 7.44. The lowest BCUT2D eigenvalue weighted by molar-refractivity contribution is 1.35. The topological polar surface area (TPSA) is 28.7 Å². The minimum atomic E-state index is 0.960. The van der Waals surface area contributed by atoms with Crippen LogP contribution in [-0.4, -0.2) is 9.97 Å². The maximum absolute atomic E-state index is 4.33. The van der Waals surface area contributed by atoms with Crippen molar-refractivity contribution in [3.63, 3.8) is 0 Å². The van der Waals surface area contributed by atoms with Crippen LogP contribution in [0.4, 0.5) is 0 Å². The minimum Gasteiger partial charge on any atom is -0.349 e. The van der Waals surface area contributed by atoms with Gasteiger partial charge in [0.05, 0.1) is 14.7 Å². The summed E-state index contributed by atoms with van der Waals surface area (Å²) in [6, 6.07) is 13.9. The Bertz CT molecular complexity index is 489. The molecule has 0 amide bonds. The van der Waals surface area contributed by atoms with E-state index < -0.39 is 0 Å². The standard InChI is InChI=1S/C11H9IN2/c12-11-7-3-4-8-13-9-5-1-2-6-10(9)14-11/h1-8,14H. The van der Waals surface area contributed by atoms with Crippen LogP contribution in [-0.2, 0) is 0 Å². The zero-order valence-corrected chi connectivity index (χ0v) is 9.60. The van der Waals surface area contributed by atoms with Crippen LogP contribution < -0.4 is 0 Å². The summed E-state index contributed by atoms with van der Waals surface area (Å²) in [6.07, 6.45) is 1.80. The van der Waals surface area contributed by atoms with Crippen LogP contribution in [0.2, 0.25) is 0 Å². The second-order valence-electron chi connectivity index (χ2n) is 2.82. The molecule has 0 saturated heterocycles. The van der Waals surface area contributed by atoms with Crippen molar-refractivity contribution in [2.45, 2.75) is 0 Å². The summed E-state index contributed by atoms with van der Waals surface area (Å²) in [4.78, 5) is 7.62. The van der Waals surface area contributed by atoms with Gasteiger partial charge in [-0.1, -0.05) is 18.2 Å². The fraction of sp³-hybridized carbons (Fsp3) is 0. The predicted molar refractivity (Wildman–Crippen MR) is 66.4 cm³/mol. The fourth-order valence-corrected chi connectivity index (χ4v) is 1.67. The molecule has 1 aromatic heterocycles. The van der Waals surface area contributed by atoms with Gasteiger partial charge in [0.1, 0.15) is 0 Å². The SMILES string of the molecule is Ic1ccccnc2ccccc2[nH]1. The van der Waals surface area contributed by atoms with Crippen LogP contribution in [0, 0.1) is 3.70 Å². The number of rotatable bonds is 0. The van der Waals surface area contributed by atoms with Gasteiger partial charge in [-0.15, -0.1) is 0 Å². The van der Waals surface area contributed by atoms with Gasteiger partial charge >= 0.3 is 0 Å². The van der Waals surface area contributed by atoms with Crippen molar-refractivity contribution in [2.75, 3.05) is 0 Å². The number of nitrogens with zero attached hydrogens (tertiary/aromatic N) is 1. The van der Waals surface area contributed by atoms with Crippen molar-refractivity contribution in [3.05, 3.63) is 52.4 Å². The number of halogens is 1. The largest absolute Gasteiger partial charge is 0.349 e. The molecule has 0 saturated carbocycles. The van der Waals surface area contributed by atoms with Gasteiger partial charge < -0.3 is 4.98 Å². The van der Waals surface area contributed by atoms with E-state index in [2.05, 4.69) is 32.6 Å². The molecule has 0 atom stereocenters. The van der Waals surface area contributed by atoms with Gasteiger partial charge in [0.25, 0.3) is 0 Å². The summed E-state index contributed by atoms with van der Waals surface area (Å²) in [7, 11) is 0. The van der Waals surface area contributed by atoms with E-state index >= 15 is 0 Å². The summed E-state index contributed by atoms with van der Waals surface area (Å²) in [5.41, 5.74) is 2.00. The van der Waals surface area contributed by atoms with E-state index in [1.165, 1.54) is 0 Å². The van der Waals surface area contributed by atoms with Crippen LogP contribution in [0.25, 0.3) is 11.0 Å². The van der Waals surface area contributed by atoms with Crippen LogP contribution >= 0.6 is 22.6 Å². The first-order chi connectivity index (χ1) is 6.86. The Morgan fingerprint density at radius 1 is 1.00 bits per heavy atom. The maximum Gasteiger partial charge on any atom is 0.0864 e. The first-order valence-electron chi connectivity index (χ1n) is 4.29. The van der Waals surface area contributed by atoms with Crippen molar-refractivity contribution in [3.8, 4) is 0 Å². The smallest absolute Gasteiger partial charge is 0.0864 e. The molecule has 0 aliphatic heterocycles. The molecule has 14 heavy (non-hydrogen) atoms. The molecular formula is C11H9IN2. The molecule has 0 aliphatic carbocycles. The molecule has 0 unspecified atom stereocenters. The molecule has 70 valence electrons. The number of benzene rings is 1. The number of aromatic amines is 1. The molecule has 0 spiro atoms. The summed E-state index contributed by atoms with van der Waals surface area (Å²) in [6.45, 7) is 0. The highest BCUT2D eigenvalue weighted by Crippen LogP contribution is 2.06. The number of nitrogens with one attached hydrogen (secondary N) is 1. The summed E-state index contributed by atoms with van der Waals surface area (Å²) in [5, 5.41) is 0. The van der Waals surface area contributed by atoms with E-state index in [0.29, 0.717) is 0 Å². The monoisotopic (exact) mass is 296 g/mol. The first-order valence-corrected chi connectivity index (χ1v) is 5.37. The van der Waals surface area contributed by atoms with Gasteiger partial charge in [-0.05, 0) is 46.9 Å². The predicted octanol–water partition coefficient (Wildman–Crippen LogP) is 3.29. The Labute approximate surface area is 95.8 Å². The average Bonchev–Trinajstić information content (AvgIpc) is 2.27. The summed E-state index contributed by atoms with van der Waals surface area (Å²) >= 11 is 2.26. The first kappa shape index (κ1) is 9.45. The Hall–Kier alpha value is -1.10.